The summed E-state index contributed by atoms with van der Waals surface area (Å²) in [6.45, 7) is -0.608. The maximum atomic E-state index is 13.2. The zero-order valence-corrected chi connectivity index (χ0v) is 10.7. The number of rotatable bonds is 4. The normalized spacial score (nSPS) is 18.1. The summed E-state index contributed by atoms with van der Waals surface area (Å²) in [6, 6.07) is 9.28. The Morgan fingerprint density at radius 2 is 1.84 bits per heavy atom. The SMILES string of the molecule is O=C1CCC(CF)(C(=O)OCc2ccccc2)CC1. The van der Waals surface area contributed by atoms with E-state index in [4.69, 9.17) is 4.74 Å². The van der Waals surface area contributed by atoms with Crippen molar-refractivity contribution in [1.29, 1.82) is 0 Å². The molecule has 0 radical (unpaired) electrons. The third-order valence-corrected chi connectivity index (χ3v) is 3.67. The average Bonchev–Trinajstić information content (AvgIpc) is 2.47. The number of ketones is 1. The quantitative estimate of drug-likeness (QED) is 0.785. The van der Waals surface area contributed by atoms with Crippen LogP contribution in [-0.2, 0) is 20.9 Å². The van der Waals surface area contributed by atoms with Crippen molar-refractivity contribution in [1.82, 2.24) is 0 Å². The number of ether oxygens (including phenoxy) is 1. The second-order valence-electron chi connectivity index (χ2n) is 5.01. The topological polar surface area (TPSA) is 43.4 Å². The van der Waals surface area contributed by atoms with Crippen LogP contribution in [0.3, 0.4) is 0 Å². The first-order valence-electron chi connectivity index (χ1n) is 6.45. The fourth-order valence-corrected chi connectivity index (χ4v) is 2.28. The number of carbonyl (C=O) groups excluding carboxylic acids is 2. The van der Waals surface area contributed by atoms with Crippen LogP contribution in [0.4, 0.5) is 4.39 Å². The zero-order chi connectivity index (χ0) is 13.7. The van der Waals surface area contributed by atoms with E-state index < -0.39 is 18.1 Å². The van der Waals surface area contributed by atoms with Gasteiger partial charge in [0.05, 0.1) is 5.41 Å². The molecule has 1 saturated carbocycles. The third-order valence-electron chi connectivity index (χ3n) is 3.67. The molecule has 4 heteroatoms. The number of hydrogen-bond donors (Lipinski definition) is 0. The molecule has 0 bridgehead atoms. The Balaban J connectivity index is 1.96. The minimum atomic E-state index is -1.11. The van der Waals surface area contributed by atoms with Crippen LogP contribution >= 0.6 is 0 Å². The molecule has 2 rings (SSSR count). The number of halogens is 1. The Morgan fingerprint density at radius 3 is 2.42 bits per heavy atom. The van der Waals surface area contributed by atoms with Crippen LogP contribution < -0.4 is 0 Å². The maximum Gasteiger partial charge on any atom is 0.315 e. The summed E-state index contributed by atoms with van der Waals surface area (Å²) in [5.41, 5.74) is -0.236. The van der Waals surface area contributed by atoms with Crippen molar-refractivity contribution >= 4 is 11.8 Å². The molecule has 1 aliphatic rings. The molecule has 0 N–H and O–H groups in total. The number of Topliss-reactive ketones (excluding diaryl/α,β-unsaturated/α-hetero) is 1. The van der Waals surface area contributed by atoms with Gasteiger partial charge in [0.25, 0.3) is 0 Å². The predicted molar refractivity (Wildman–Crippen MR) is 68.1 cm³/mol. The van der Waals surface area contributed by atoms with Crippen molar-refractivity contribution in [3.63, 3.8) is 0 Å². The van der Waals surface area contributed by atoms with Gasteiger partial charge in [0.15, 0.2) is 0 Å². The Bertz CT molecular complexity index is 446. The summed E-state index contributed by atoms with van der Waals surface area (Å²) in [4.78, 5) is 23.3. The number of alkyl halides is 1. The molecule has 1 aromatic carbocycles. The van der Waals surface area contributed by atoms with Gasteiger partial charge in [-0.25, -0.2) is 4.39 Å². The van der Waals surface area contributed by atoms with Gasteiger partial charge in [-0.05, 0) is 18.4 Å². The lowest BCUT2D eigenvalue weighted by molar-refractivity contribution is -0.161. The molecule has 19 heavy (non-hydrogen) atoms. The zero-order valence-electron chi connectivity index (χ0n) is 10.7. The van der Waals surface area contributed by atoms with Crippen molar-refractivity contribution < 1.29 is 18.7 Å². The van der Waals surface area contributed by atoms with Gasteiger partial charge < -0.3 is 4.74 Å². The standard InChI is InChI=1S/C15H17FO3/c16-11-15(8-6-13(17)7-9-15)14(18)19-10-12-4-2-1-3-5-12/h1-5H,6-11H2. The Hall–Kier alpha value is -1.71. The van der Waals surface area contributed by atoms with Gasteiger partial charge in [-0.2, -0.15) is 0 Å². The lowest BCUT2D eigenvalue weighted by Gasteiger charge is -2.31. The summed E-state index contributed by atoms with van der Waals surface area (Å²) in [7, 11) is 0. The van der Waals surface area contributed by atoms with Crippen molar-refractivity contribution in [2.24, 2.45) is 5.41 Å². The molecule has 0 heterocycles. The number of benzene rings is 1. The van der Waals surface area contributed by atoms with Crippen LogP contribution in [0, 0.1) is 5.41 Å². The van der Waals surface area contributed by atoms with Crippen LogP contribution in [0.15, 0.2) is 30.3 Å². The fraction of sp³-hybridized carbons (Fsp3) is 0.467. The summed E-state index contributed by atoms with van der Waals surface area (Å²) in [5.74, 6) is -0.425. The Kier molecular flexibility index (Phi) is 4.30. The van der Waals surface area contributed by atoms with Gasteiger partial charge in [-0.3, -0.25) is 9.59 Å². The molecule has 0 aromatic heterocycles. The van der Waals surface area contributed by atoms with E-state index >= 15 is 0 Å². The van der Waals surface area contributed by atoms with Crippen LogP contribution in [-0.4, -0.2) is 18.4 Å². The Morgan fingerprint density at radius 1 is 1.21 bits per heavy atom. The van der Waals surface area contributed by atoms with Gasteiger partial charge in [-0.15, -0.1) is 0 Å². The summed E-state index contributed by atoms with van der Waals surface area (Å²) in [6.07, 6.45) is 1.06. The highest BCUT2D eigenvalue weighted by Gasteiger charge is 2.43. The van der Waals surface area contributed by atoms with E-state index in [0.29, 0.717) is 0 Å². The van der Waals surface area contributed by atoms with E-state index in [-0.39, 0.29) is 38.1 Å². The van der Waals surface area contributed by atoms with E-state index in [1.807, 2.05) is 30.3 Å². The molecular weight excluding hydrogens is 247 g/mol. The monoisotopic (exact) mass is 264 g/mol. The lowest BCUT2D eigenvalue weighted by Crippen LogP contribution is -2.39. The second-order valence-corrected chi connectivity index (χ2v) is 5.01. The summed E-state index contributed by atoms with van der Waals surface area (Å²) in [5, 5.41) is 0. The first-order valence-corrected chi connectivity index (χ1v) is 6.45. The van der Waals surface area contributed by atoms with E-state index in [1.165, 1.54) is 0 Å². The first-order chi connectivity index (χ1) is 9.16. The molecule has 1 aliphatic carbocycles. The molecule has 0 aliphatic heterocycles. The predicted octanol–water partition coefficient (Wildman–Crippen LogP) is 2.83. The third kappa shape index (κ3) is 3.19. The highest BCUT2D eigenvalue weighted by Crippen LogP contribution is 2.36. The van der Waals surface area contributed by atoms with Crippen LogP contribution in [0.25, 0.3) is 0 Å². The molecule has 0 saturated heterocycles. The molecule has 3 nitrogen and oxygen atoms in total. The van der Waals surface area contributed by atoms with Crippen molar-refractivity contribution in [2.45, 2.75) is 32.3 Å². The van der Waals surface area contributed by atoms with Crippen LogP contribution in [0.2, 0.25) is 0 Å². The lowest BCUT2D eigenvalue weighted by atomic mass is 9.74. The van der Waals surface area contributed by atoms with Gasteiger partial charge in [-0.1, -0.05) is 30.3 Å². The molecule has 0 amide bonds. The Labute approximate surface area is 111 Å². The first kappa shape index (κ1) is 13.7. The maximum absolute atomic E-state index is 13.2. The van der Waals surface area contributed by atoms with Gasteiger partial charge in [0.2, 0.25) is 0 Å². The highest BCUT2D eigenvalue weighted by molar-refractivity contribution is 5.84. The molecule has 0 unspecified atom stereocenters. The minimum absolute atomic E-state index is 0.0972. The van der Waals surface area contributed by atoms with E-state index in [2.05, 4.69) is 0 Å². The van der Waals surface area contributed by atoms with Crippen LogP contribution in [0.5, 0.6) is 0 Å². The number of carbonyl (C=O) groups is 2. The molecule has 1 aromatic rings. The van der Waals surface area contributed by atoms with E-state index in [9.17, 15) is 14.0 Å². The number of esters is 1. The van der Waals surface area contributed by atoms with Gasteiger partial charge in [0.1, 0.15) is 19.1 Å². The molecule has 0 spiro atoms. The number of hydrogen-bond acceptors (Lipinski definition) is 3. The minimum Gasteiger partial charge on any atom is -0.460 e. The summed E-state index contributed by atoms with van der Waals surface area (Å²) >= 11 is 0. The molecule has 0 atom stereocenters. The van der Waals surface area contributed by atoms with Crippen molar-refractivity contribution in [3.8, 4) is 0 Å². The van der Waals surface area contributed by atoms with Gasteiger partial charge >= 0.3 is 5.97 Å². The molecule has 102 valence electrons. The highest BCUT2D eigenvalue weighted by atomic mass is 19.1. The summed E-state index contributed by atoms with van der Waals surface area (Å²) < 4.78 is 18.4. The average molecular weight is 264 g/mol. The molecular formula is C15H17FO3. The van der Waals surface area contributed by atoms with E-state index in [1.54, 1.807) is 0 Å². The van der Waals surface area contributed by atoms with Crippen molar-refractivity contribution in [2.75, 3.05) is 6.67 Å². The smallest absolute Gasteiger partial charge is 0.315 e. The van der Waals surface area contributed by atoms with Gasteiger partial charge in [0, 0.05) is 12.8 Å². The fourth-order valence-electron chi connectivity index (χ4n) is 2.28. The van der Waals surface area contributed by atoms with Crippen molar-refractivity contribution in [3.05, 3.63) is 35.9 Å². The largest absolute Gasteiger partial charge is 0.460 e. The molecule has 1 fully saturated rings. The second kappa shape index (κ2) is 5.95. The van der Waals surface area contributed by atoms with E-state index in [0.717, 1.165) is 5.56 Å². The van der Waals surface area contributed by atoms with Crippen LogP contribution in [0.1, 0.15) is 31.2 Å².